The highest BCUT2D eigenvalue weighted by Gasteiger charge is 2.42. The Morgan fingerprint density at radius 3 is 2.24 bits per heavy atom. The van der Waals surface area contributed by atoms with Gasteiger partial charge in [-0.2, -0.15) is 0 Å². The van der Waals surface area contributed by atoms with Crippen LogP contribution in [0.3, 0.4) is 0 Å². The molecule has 0 radical (unpaired) electrons. The zero-order valence-electron chi connectivity index (χ0n) is 26.0. The van der Waals surface area contributed by atoms with Gasteiger partial charge >= 0.3 is 23.9 Å². The molecule has 3 aromatic rings. The number of benzene rings is 2. The number of aromatic nitrogens is 1. The molecule has 4 atom stereocenters. The minimum Gasteiger partial charge on any atom is -0.493 e. The molecule has 1 amide bonds. The van der Waals surface area contributed by atoms with Gasteiger partial charge in [0.1, 0.15) is 18.6 Å². The third-order valence-electron chi connectivity index (χ3n) is 7.18. The predicted octanol–water partition coefficient (Wildman–Crippen LogP) is 3.25. The zero-order valence-corrected chi connectivity index (χ0v) is 26.0. The van der Waals surface area contributed by atoms with Crippen LogP contribution in [-0.2, 0) is 46.2 Å². The van der Waals surface area contributed by atoms with Crippen LogP contribution in [-0.4, -0.2) is 66.7 Å². The molecular formula is C34H36N2O10. The second-order valence-electron chi connectivity index (χ2n) is 11.0. The van der Waals surface area contributed by atoms with E-state index in [0.717, 1.165) is 5.56 Å². The lowest BCUT2D eigenvalue weighted by Crippen LogP contribution is -2.47. The number of hydrogen-bond acceptors (Lipinski definition) is 11. The number of methoxy groups -OCH3 is 1. The fourth-order valence-corrected chi connectivity index (χ4v) is 4.74. The first kappa shape index (κ1) is 33.6. The van der Waals surface area contributed by atoms with Gasteiger partial charge in [-0.25, -0.2) is 9.78 Å². The number of nitrogens with zero attached hydrogens (tertiary/aromatic N) is 1. The van der Waals surface area contributed by atoms with Crippen molar-refractivity contribution in [2.75, 3.05) is 13.7 Å². The van der Waals surface area contributed by atoms with Gasteiger partial charge in [0.05, 0.1) is 19.4 Å². The number of ether oxygens (including phenoxy) is 5. The van der Waals surface area contributed by atoms with E-state index >= 15 is 0 Å². The molecule has 1 fully saturated rings. The molecule has 12 heteroatoms. The Kier molecular flexibility index (Phi) is 11.4. The molecule has 4 unspecified atom stereocenters. The third kappa shape index (κ3) is 8.68. The number of amides is 1. The molecule has 0 bridgehead atoms. The van der Waals surface area contributed by atoms with Gasteiger partial charge < -0.3 is 29.0 Å². The van der Waals surface area contributed by atoms with E-state index < -0.39 is 66.5 Å². The molecule has 12 nitrogen and oxygen atoms in total. The predicted molar refractivity (Wildman–Crippen MR) is 163 cm³/mol. The van der Waals surface area contributed by atoms with Crippen molar-refractivity contribution in [2.24, 2.45) is 11.8 Å². The zero-order chi connectivity index (χ0) is 33.2. The number of pyridine rings is 1. The van der Waals surface area contributed by atoms with Crippen molar-refractivity contribution in [3.63, 3.8) is 0 Å². The first-order chi connectivity index (χ1) is 22.1. The molecule has 1 aliphatic rings. The first-order valence-corrected chi connectivity index (χ1v) is 14.8. The van der Waals surface area contributed by atoms with E-state index in [0.29, 0.717) is 5.56 Å². The van der Waals surface area contributed by atoms with Crippen LogP contribution in [0, 0.1) is 11.8 Å². The Bertz CT molecular complexity index is 1540. The highest BCUT2D eigenvalue weighted by molar-refractivity contribution is 5.99. The molecule has 0 spiro atoms. The number of nitrogens with one attached hydrogen (secondary N) is 1. The molecular weight excluding hydrogens is 596 g/mol. The molecule has 0 aliphatic carbocycles. The summed E-state index contributed by atoms with van der Waals surface area (Å²) in [6.07, 6.45) is -0.932. The molecule has 46 heavy (non-hydrogen) atoms. The van der Waals surface area contributed by atoms with Gasteiger partial charge in [-0.3, -0.25) is 19.2 Å². The lowest BCUT2D eigenvalue weighted by atomic mass is 9.91. The number of cyclic esters (lactones) is 2. The third-order valence-corrected chi connectivity index (χ3v) is 7.18. The Hall–Kier alpha value is -5.26. The second kappa shape index (κ2) is 15.6. The molecule has 2 aromatic carbocycles. The van der Waals surface area contributed by atoms with Crippen molar-refractivity contribution in [1.29, 1.82) is 0 Å². The lowest BCUT2D eigenvalue weighted by molar-refractivity contribution is -0.176. The summed E-state index contributed by atoms with van der Waals surface area (Å²) in [5, 5.41) is 2.47. The fraction of sp³-hybridized carbons (Fsp3) is 0.353. The maximum atomic E-state index is 13.5. The quantitative estimate of drug-likeness (QED) is 0.259. The topological polar surface area (TPSA) is 156 Å². The van der Waals surface area contributed by atoms with E-state index in [1.807, 2.05) is 24.3 Å². The summed E-state index contributed by atoms with van der Waals surface area (Å²) in [6, 6.07) is 17.8. The molecule has 242 valence electrons. The molecule has 1 aliphatic heterocycles. The van der Waals surface area contributed by atoms with E-state index in [2.05, 4.69) is 10.3 Å². The van der Waals surface area contributed by atoms with Crippen molar-refractivity contribution in [3.8, 4) is 11.5 Å². The average molecular weight is 633 g/mol. The maximum Gasteiger partial charge on any atom is 0.332 e. The molecule has 2 heterocycles. The molecule has 1 N–H and O–H groups in total. The molecule has 1 saturated heterocycles. The normalized spacial score (nSPS) is 19.8. The van der Waals surface area contributed by atoms with Crippen LogP contribution in [0.4, 0.5) is 0 Å². The van der Waals surface area contributed by atoms with Crippen molar-refractivity contribution in [2.45, 2.75) is 51.9 Å². The van der Waals surface area contributed by atoms with E-state index in [9.17, 15) is 24.0 Å². The molecule has 4 rings (SSSR count). The van der Waals surface area contributed by atoms with E-state index in [1.54, 1.807) is 50.2 Å². The number of rotatable bonds is 10. The first-order valence-electron chi connectivity index (χ1n) is 14.8. The van der Waals surface area contributed by atoms with E-state index in [4.69, 9.17) is 23.7 Å². The van der Waals surface area contributed by atoms with Crippen molar-refractivity contribution in [3.05, 3.63) is 89.7 Å². The van der Waals surface area contributed by atoms with Crippen molar-refractivity contribution in [1.82, 2.24) is 10.3 Å². The summed E-state index contributed by atoms with van der Waals surface area (Å²) >= 11 is 0. The Labute approximate surface area is 266 Å². The fourth-order valence-electron chi connectivity index (χ4n) is 4.74. The molecule has 0 saturated carbocycles. The Balaban J connectivity index is 1.57. The summed E-state index contributed by atoms with van der Waals surface area (Å²) in [5.41, 5.74) is 1.11. The van der Waals surface area contributed by atoms with Crippen LogP contribution in [0.25, 0.3) is 0 Å². The van der Waals surface area contributed by atoms with Gasteiger partial charge in [-0.05, 0) is 24.5 Å². The number of esters is 4. The van der Waals surface area contributed by atoms with Gasteiger partial charge in [-0.15, -0.1) is 0 Å². The smallest absolute Gasteiger partial charge is 0.332 e. The summed E-state index contributed by atoms with van der Waals surface area (Å²) < 4.78 is 27.7. The SMILES string of the molecule is COc1ccnc(C(=O)NC2COC(=O)C(Cc3ccccc3)C(OC(=O)C(C)C)C(C)OC2=O)c1OC(=O)Cc1ccccc1. The average Bonchev–Trinajstić information content (AvgIpc) is 3.07. The van der Waals surface area contributed by atoms with Crippen LogP contribution >= 0.6 is 0 Å². The van der Waals surface area contributed by atoms with Crippen LogP contribution in [0.2, 0.25) is 0 Å². The largest absolute Gasteiger partial charge is 0.493 e. The Morgan fingerprint density at radius 2 is 1.61 bits per heavy atom. The van der Waals surface area contributed by atoms with Gasteiger partial charge in [0.2, 0.25) is 5.75 Å². The minimum atomic E-state index is -1.48. The highest BCUT2D eigenvalue weighted by atomic mass is 16.6. The number of carbonyl (C=O) groups excluding carboxylic acids is 5. The van der Waals surface area contributed by atoms with Gasteiger partial charge in [-0.1, -0.05) is 74.5 Å². The van der Waals surface area contributed by atoms with E-state index in [-0.39, 0.29) is 30.0 Å². The van der Waals surface area contributed by atoms with Gasteiger partial charge in [0, 0.05) is 12.3 Å². The summed E-state index contributed by atoms with van der Waals surface area (Å²) in [4.78, 5) is 69.7. The van der Waals surface area contributed by atoms with Crippen molar-refractivity contribution >= 4 is 29.8 Å². The summed E-state index contributed by atoms with van der Waals surface area (Å²) in [6.45, 7) is 4.20. The van der Waals surface area contributed by atoms with Gasteiger partial charge in [0.15, 0.2) is 23.6 Å². The van der Waals surface area contributed by atoms with Gasteiger partial charge in [0.25, 0.3) is 5.91 Å². The van der Waals surface area contributed by atoms with Crippen LogP contribution in [0.5, 0.6) is 11.5 Å². The van der Waals surface area contributed by atoms with Crippen molar-refractivity contribution < 1.29 is 47.7 Å². The maximum absolute atomic E-state index is 13.5. The van der Waals surface area contributed by atoms with Crippen LogP contribution in [0.1, 0.15) is 42.4 Å². The monoisotopic (exact) mass is 632 g/mol. The van der Waals surface area contributed by atoms with Crippen LogP contribution < -0.4 is 14.8 Å². The molecule has 1 aromatic heterocycles. The minimum absolute atomic E-state index is 0.0530. The van der Waals surface area contributed by atoms with Crippen LogP contribution in [0.15, 0.2) is 72.9 Å². The second-order valence-corrected chi connectivity index (χ2v) is 11.0. The summed E-state index contributed by atoms with van der Waals surface area (Å²) in [5.74, 6) is -5.60. The Morgan fingerprint density at radius 1 is 0.957 bits per heavy atom. The summed E-state index contributed by atoms with van der Waals surface area (Å²) in [7, 11) is 1.33. The number of hydrogen-bond donors (Lipinski definition) is 1. The lowest BCUT2D eigenvalue weighted by Gasteiger charge is -2.29. The highest BCUT2D eigenvalue weighted by Crippen LogP contribution is 2.30. The standard InChI is InChI=1S/C34H36N2O10/c1-20(2)32(39)46-29-21(3)44-34(41)25(19-43-33(40)24(29)17-22-11-7-5-8-12-22)36-31(38)28-30(26(42-4)15-16-35-28)45-27(37)18-23-13-9-6-10-14-23/h5-16,20-21,24-25,29H,17-19H2,1-4H3,(H,36,38). The van der Waals surface area contributed by atoms with E-state index in [1.165, 1.54) is 26.3 Å². The number of carbonyl (C=O) groups is 5.